The summed E-state index contributed by atoms with van der Waals surface area (Å²) in [4.78, 5) is 15.6. The van der Waals surface area contributed by atoms with Crippen LogP contribution in [-0.4, -0.2) is 30.6 Å². The molecule has 1 saturated heterocycles. The monoisotopic (exact) mass is 287 g/mol. The lowest BCUT2D eigenvalue weighted by Crippen LogP contribution is -2.19. The van der Waals surface area contributed by atoms with Crippen LogP contribution in [0.2, 0.25) is 0 Å². The van der Waals surface area contributed by atoms with E-state index >= 15 is 0 Å². The third kappa shape index (κ3) is 3.10. The summed E-state index contributed by atoms with van der Waals surface area (Å²) in [7, 11) is 1.63. The summed E-state index contributed by atoms with van der Waals surface area (Å²) in [5.41, 5.74) is 1.72. The Morgan fingerprint density at radius 3 is 3.10 bits per heavy atom. The lowest BCUT2D eigenvalue weighted by molar-refractivity contribution is 0.0104. The molecule has 1 aliphatic heterocycles. The van der Waals surface area contributed by atoms with Gasteiger partial charge < -0.3 is 14.5 Å². The number of Topliss-reactive ketones (excluding diaryl/α,β-unsaturated/α-hetero) is 1. The van der Waals surface area contributed by atoms with E-state index < -0.39 is 0 Å². The van der Waals surface area contributed by atoms with Crippen molar-refractivity contribution in [3.05, 3.63) is 30.0 Å². The average Bonchev–Trinajstić information content (AvgIpc) is 2.96. The molecule has 1 atom stereocenters. The Hall–Kier alpha value is -1.81. The normalized spacial score (nSPS) is 18.8. The Morgan fingerprint density at radius 2 is 2.33 bits per heavy atom. The molecule has 0 bridgehead atoms. The summed E-state index contributed by atoms with van der Waals surface area (Å²) in [6.45, 7) is 0.836. The number of fused-ring (bicyclic) bond motifs is 1. The average molecular weight is 287 g/mol. The second kappa shape index (κ2) is 6.31. The van der Waals surface area contributed by atoms with Crippen molar-refractivity contribution in [1.29, 1.82) is 0 Å². The molecule has 3 rings (SSSR count). The van der Waals surface area contributed by atoms with Crippen molar-refractivity contribution in [1.82, 2.24) is 4.98 Å². The van der Waals surface area contributed by atoms with Crippen LogP contribution in [0.15, 0.2) is 24.4 Å². The fraction of sp³-hybridized carbons (Fsp3) is 0.471. The predicted octanol–water partition coefficient (Wildman–Crippen LogP) is 3.71. The van der Waals surface area contributed by atoms with Gasteiger partial charge in [-0.15, -0.1) is 0 Å². The minimum atomic E-state index is 0.170. The second-order valence-electron chi connectivity index (χ2n) is 5.56. The van der Waals surface area contributed by atoms with Crippen molar-refractivity contribution >= 4 is 16.7 Å². The van der Waals surface area contributed by atoms with Crippen LogP contribution in [0.3, 0.4) is 0 Å². The number of rotatable bonds is 5. The summed E-state index contributed by atoms with van der Waals surface area (Å²) in [5.74, 6) is 0.940. The molecule has 4 nitrogen and oxygen atoms in total. The number of nitrogens with one attached hydrogen (secondary N) is 1. The van der Waals surface area contributed by atoms with Gasteiger partial charge in [-0.3, -0.25) is 4.79 Å². The lowest BCUT2D eigenvalue weighted by Gasteiger charge is -2.22. The third-order valence-electron chi connectivity index (χ3n) is 4.16. The SMILES string of the molecule is COc1ccc2[nH]cc(C(=O)CCC3CCCCO3)c2c1. The van der Waals surface area contributed by atoms with Crippen LogP contribution in [0.4, 0.5) is 0 Å². The molecule has 4 heteroatoms. The molecule has 1 aromatic carbocycles. The molecule has 1 fully saturated rings. The van der Waals surface area contributed by atoms with Gasteiger partial charge in [0, 0.05) is 35.7 Å². The van der Waals surface area contributed by atoms with Gasteiger partial charge in [0.15, 0.2) is 5.78 Å². The van der Waals surface area contributed by atoms with Gasteiger partial charge in [0.25, 0.3) is 0 Å². The van der Waals surface area contributed by atoms with E-state index in [0.29, 0.717) is 6.42 Å². The first-order chi connectivity index (χ1) is 10.3. The highest BCUT2D eigenvalue weighted by molar-refractivity contribution is 6.08. The van der Waals surface area contributed by atoms with Gasteiger partial charge in [0.05, 0.1) is 13.2 Å². The number of ether oxygens (including phenoxy) is 2. The maximum absolute atomic E-state index is 12.4. The van der Waals surface area contributed by atoms with Crippen molar-refractivity contribution in [2.45, 2.75) is 38.2 Å². The van der Waals surface area contributed by atoms with Gasteiger partial charge in [-0.25, -0.2) is 0 Å². The van der Waals surface area contributed by atoms with Crippen molar-refractivity contribution in [3.63, 3.8) is 0 Å². The quantitative estimate of drug-likeness (QED) is 0.853. The van der Waals surface area contributed by atoms with E-state index in [9.17, 15) is 4.79 Å². The number of hydrogen-bond acceptors (Lipinski definition) is 3. The molecule has 1 aliphatic rings. The Morgan fingerprint density at radius 1 is 1.43 bits per heavy atom. The maximum atomic E-state index is 12.4. The first kappa shape index (κ1) is 14.1. The Bertz CT molecular complexity index is 626. The molecule has 0 aliphatic carbocycles. The predicted molar refractivity (Wildman–Crippen MR) is 82.0 cm³/mol. The fourth-order valence-electron chi connectivity index (χ4n) is 2.92. The minimum absolute atomic E-state index is 0.170. The number of ketones is 1. The Kier molecular flexibility index (Phi) is 4.25. The molecular weight excluding hydrogens is 266 g/mol. The summed E-state index contributed by atoms with van der Waals surface area (Å²) >= 11 is 0. The number of aromatic nitrogens is 1. The van der Waals surface area contributed by atoms with Gasteiger partial charge in [-0.05, 0) is 43.9 Å². The van der Waals surface area contributed by atoms with E-state index in [1.165, 1.54) is 6.42 Å². The molecule has 1 aromatic heterocycles. The van der Waals surface area contributed by atoms with Crippen LogP contribution < -0.4 is 4.74 Å². The minimum Gasteiger partial charge on any atom is -0.497 e. The summed E-state index contributed by atoms with van der Waals surface area (Å²) in [6.07, 6.45) is 6.84. The summed E-state index contributed by atoms with van der Waals surface area (Å²) < 4.78 is 10.9. The molecule has 0 radical (unpaired) electrons. The fourth-order valence-corrected chi connectivity index (χ4v) is 2.92. The second-order valence-corrected chi connectivity index (χ2v) is 5.56. The molecule has 21 heavy (non-hydrogen) atoms. The van der Waals surface area contributed by atoms with E-state index in [-0.39, 0.29) is 11.9 Å². The van der Waals surface area contributed by atoms with Gasteiger partial charge in [0.1, 0.15) is 5.75 Å². The highest BCUT2D eigenvalue weighted by Crippen LogP contribution is 2.25. The standard InChI is InChI=1S/C17H21NO3/c1-20-13-5-7-16-14(10-13)15(11-18-16)17(19)8-6-12-4-2-3-9-21-12/h5,7,10-12,18H,2-4,6,8-9H2,1H3. The highest BCUT2D eigenvalue weighted by atomic mass is 16.5. The van der Waals surface area contributed by atoms with E-state index in [2.05, 4.69) is 4.98 Å². The van der Waals surface area contributed by atoms with Crippen LogP contribution in [-0.2, 0) is 4.74 Å². The van der Waals surface area contributed by atoms with Gasteiger partial charge >= 0.3 is 0 Å². The smallest absolute Gasteiger partial charge is 0.165 e. The van der Waals surface area contributed by atoms with Crippen LogP contribution in [0.1, 0.15) is 42.5 Å². The Labute approximate surface area is 124 Å². The number of carbonyl (C=O) groups excluding carboxylic acids is 1. The zero-order chi connectivity index (χ0) is 14.7. The van der Waals surface area contributed by atoms with Gasteiger partial charge in [-0.1, -0.05) is 0 Å². The largest absolute Gasteiger partial charge is 0.497 e. The van der Waals surface area contributed by atoms with Crippen molar-refractivity contribution in [2.24, 2.45) is 0 Å². The van der Waals surface area contributed by atoms with Crippen molar-refractivity contribution in [3.8, 4) is 5.75 Å². The van der Waals surface area contributed by atoms with E-state index in [0.717, 1.165) is 48.1 Å². The molecule has 0 amide bonds. The van der Waals surface area contributed by atoms with Crippen LogP contribution in [0.5, 0.6) is 5.75 Å². The highest BCUT2D eigenvalue weighted by Gasteiger charge is 2.18. The maximum Gasteiger partial charge on any atom is 0.165 e. The first-order valence-corrected chi connectivity index (χ1v) is 7.58. The van der Waals surface area contributed by atoms with Crippen molar-refractivity contribution in [2.75, 3.05) is 13.7 Å². The number of carbonyl (C=O) groups is 1. The van der Waals surface area contributed by atoms with E-state index in [4.69, 9.17) is 9.47 Å². The van der Waals surface area contributed by atoms with Crippen LogP contribution in [0.25, 0.3) is 10.9 Å². The van der Waals surface area contributed by atoms with E-state index in [1.54, 1.807) is 13.3 Å². The topological polar surface area (TPSA) is 51.3 Å². The molecule has 2 heterocycles. The third-order valence-corrected chi connectivity index (χ3v) is 4.16. The molecule has 0 spiro atoms. The molecule has 0 saturated carbocycles. The number of hydrogen-bond donors (Lipinski definition) is 1. The molecule has 1 N–H and O–H groups in total. The summed E-state index contributed by atoms with van der Waals surface area (Å²) in [6, 6.07) is 5.74. The molecular formula is C17H21NO3. The summed E-state index contributed by atoms with van der Waals surface area (Å²) in [5, 5.41) is 0.934. The molecule has 2 aromatic rings. The Balaban J connectivity index is 1.71. The lowest BCUT2D eigenvalue weighted by atomic mass is 10.00. The number of benzene rings is 1. The van der Waals surface area contributed by atoms with Crippen LogP contribution in [0, 0.1) is 0 Å². The molecule has 1 unspecified atom stereocenters. The number of aromatic amines is 1. The number of H-pyrrole nitrogens is 1. The first-order valence-electron chi connectivity index (χ1n) is 7.58. The van der Waals surface area contributed by atoms with E-state index in [1.807, 2.05) is 18.2 Å². The zero-order valence-corrected chi connectivity index (χ0v) is 12.4. The van der Waals surface area contributed by atoms with Gasteiger partial charge in [0.2, 0.25) is 0 Å². The van der Waals surface area contributed by atoms with Crippen molar-refractivity contribution < 1.29 is 14.3 Å². The number of methoxy groups -OCH3 is 1. The van der Waals surface area contributed by atoms with Crippen LogP contribution >= 0.6 is 0 Å². The van der Waals surface area contributed by atoms with Gasteiger partial charge in [-0.2, -0.15) is 0 Å². The zero-order valence-electron chi connectivity index (χ0n) is 12.4. The molecule has 112 valence electrons.